The van der Waals surface area contributed by atoms with Gasteiger partial charge in [0, 0.05) is 4.47 Å². The number of benzene rings is 2. The maximum Gasteiger partial charge on any atom is 0.280 e. The van der Waals surface area contributed by atoms with Crippen molar-refractivity contribution in [3.8, 4) is 11.5 Å². The summed E-state index contributed by atoms with van der Waals surface area (Å²) in [6.07, 6.45) is 0.920. The number of rotatable bonds is 7. The molecule has 1 amide bonds. The Kier molecular flexibility index (Phi) is 6.81. The Hall–Kier alpha value is -2.34. The number of halogens is 1. The molecule has 0 saturated heterocycles. The topological polar surface area (TPSA) is 59.9 Å². The smallest absolute Gasteiger partial charge is 0.280 e. The van der Waals surface area contributed by atoms with Crippen molar-refractivity contribution in [1.82, 2.24) is 5.43 Å². The lowest BCUT2D eigenvalue weighted by atomic mass is 10.2. The normalized spacial score (nSPS) is 12.0. The van der Waals surface area contributed by atoms with E-state index in [-0.39, 0.29) is 5.91 Å². The van der Waals surface area contributed by atoms with Crippen molar-refractivity contribution in [2.45, 2.75) is 20.0 Å². The van der Waals surface area contributed by atoms with Crippen molar-refractivity contribution >= 4 is 28.1 Å². The second kappa shape index (κ2) is 9.08. The summed E-state index contributed by atoms with van der Waals surface area (Å²) in [7, 11) is 0. The van der Waals surface area contributed by atoms with Gasteiger partial charge in [-0.05, 0) is 67.9 Å². The van der Waals surface area contributed by atoms with Crippen molar-refractivity contribution in [2.24, 2.45) is 5.10 Å². The van der Waals surface area contributed by atoms with Crippen LogP contribution in [0.15, 0.2) is 58.1 Å². The van der Waals surface area contributed by atoms with E-state index < -0.39 is 6.10 Å². The van der Waals surface area contributed by atoms with Crippen LogP contribution in [0.1, 0.15) is 19.4 Å². The van der Waals surface area contributed by atoms with Gasteiger partial charge in [-0.15, -0.1) is 0 Å². The maximum absolute atomic E-state index is 12.0. The van der Waals surface area contributed by atoms with Crippen molar-refractivity contribution < 1.29 is 14.3 Å². The molecule has 0 fully saturated rings. The summed E-state index contributed by atoms with van der Waals surface area (Å²) >= 11 is 3.35. The fourth-order valence-electron chi connectivity index (χ4n) is 1.85. The van der Waals surface area contributed by atoms with Crippen molar-refractivity contribution in [1.29, 1.82) is 0 Å². The molecular weight excluding hydrogens is 372 g/mol. The van der Waals surface area contributed by atoms with Crippen LogP contribution in [0.2, 0.25) is 0 Å². The second-order valence-electron chi connectivity index (χ2n) is 4.95. The highest BCUT2D eigenvalue weighted by atomic mass is 79.9. The van der Waals surface area contributed by atoms with Crippen LogP contribution in [0.25, 0.3) is 0 Å². The average Bonchev–Trinajstić information content (AvgIpc) is 2.58. The molecule has 0 radical (unpaired) electrons. The molecule has 2 aromatic carbocycles. The molecule has 0 aliphatic heterocycles. The summed E-state index contributed by atoms with van der Waals surface area (Å²) in [5, 5.41) is 3.94. The molecule has 24 heavy (non-hydrogen) atoms. The van der Waals surface area contributed by atoms with Crippen LogP contribution in [-0.4, -0.2) is 24.8 Å². The Morgan fingerprint density at radius 3 is 2.42 bits per heavy atom. The maximum atomic E-state index is 12.0. The number of carbonyl (C=O) groups is 1. The number of hydrazone groups is 1. The number of carbonyl (C=O) groups excluding carboxylic acids is 1. The molecule has 2 rings (SSSR count). The molecule has 2 aromatic rings. The first-order valence-electron chi connectivity index (χ1n) is 7.56. The number of hydrogen-bond acceptors (Lipinski definition) is 4. The first kappa shape index (κ1) is 18.0. The first-order chi connectivity index (χ1) is 11.6. The van der Waals surface area contributed by atoms with Gasteiger partial charge < -0.3 is 9.47 Å². The number of hydrogen-bond donors (Lipinski definition) is 1. The highest BCUT2D eigenvalue weighted by molar-refractivity contribution is 9.10. The highest BCUT2D eigenvalue weighted by Gasteiger charge is 2.13. The second-order valence-corrected chi connectivity index (χ2v) is 5.87. The minimum absolute atomic E-state index is 0.319. The van der Waals surface area contributed by atoms with Gasteiger partial charge in [-0.2, -0.15) is 5.10 Å². The standard InChI is InChI=1S/C18H19BrN2O3/c1-3-23-16-8-4-14(5-9-16)12-20-21-18(22)13(2)24-17-10-6-15(19)7-11-17/h4-13H,3H2,1-2H3,(H,21,22)/b20-12+. The van der Waals surface area contributed by atoms with Crippen LogP contribution in [0, 0.1) is 0 Å². The Morgan fingerprint density at radius 2 is 1.79 bits per heavy atom. The molecule has 0 aliphatic rings. The molecule has 0 heterocycles. The third kappa shape index (κ3) is 5.70. The van der Waals surface area contributed by atoms with Gasteiger partial charge in [0.05, 0.1) is 12.8 Å². The van der Waals surface area contributed by atoms with Crippen molar-refractivity contribution in [3.05, 3.63) is 58.6 Å². The van der Waals surface area contributed by atoms with Crippen LogP contribution in [0.4, 0.5) is 0 Å². The quantitative estimate of drug-likeness (QED) is 0.578. The fraction of sp³-hybridized carbons (Fsp3) is 0.222. The monoisotopic (exact) mass is 390 g/mol. The Bertz CT molecular complexity index is 684. The fourth-order valence-corrected chi connectivity index (χ4v) is 2.11. The lowest BCUT2D eigenvalue weighted by Gasteiger charge is -2.12. The summed E-state index contributed by atoms with van der Waals surface area (Å²) < 4.78 is 11.9. The van der Waals surface area contributed by atoms with Gasteiger partial charge in [0.15, 0.2) is 6.10 Å². The zero-order valence-electron chi connectivity index (χ0n) is 13.5. The highest BCUT2D eigenvalue weighted by Crippen LogP contribution is 2.17. The number of amides is 1. The Labute approximate surface area is 149 Å². The summed E-state index contributed by atoms with van der Waals surface area (Å²) in [5.74, 6) is 1.10. The molecule has 5 nitrogen and oxygen atoms in total. The summed E-state index contributed by atoms with van der Waals surface area (Å²) in [4.78, 5) is 12.0. The molecule has 0 spiro atoms. The van der Waals surface area contributed by atoms with E-state index in [4.69, 9.17) is 9.47 Å². The van der Waals surface area contributed by atoms with E-state index in [0.29, 0.717) is 12.4 Å². The van der Waals surface area contributed by atoms with E-state index in [9.17, 15) is 4.79 Å². The number of nitrogens with one attached hydrogen (secondary N) is 1. The molecule has 0 saturated carbocycles. The van der Waals surface area contributed by atoms with Gasteiger partial charge >= 0.3 is 0 Å². The van der Waals surface area contributed by atoms with Crippen LogP contribution in [-0.2, 0) is 4.79 Å². The molecular formula is C18H19BrN2O3. The van der Waals surface area contributed by atoms with Crippen LogP contribution in [0.5, 0.6) is 11.5 Å². The van der Waals surface area contributed by atoms with Gasteiger partial charge in [-0.3, -0.25) is 4.79 Å². The average molecular weight is 391 g/mol. The predicted molar refractivity (Wildman–Crippen MR) is 97.6 cm³/mol. The SMILES string of the molecule is CCOc1ccc(/C=N/NC(=O)C(C)Oc2ccc(Br)cc2)cc1. The minimum Gasteiger partial charge on any atom is -0.494 e. The summed E-state index contributed by atoms with van der Waals surface area (Å²) in [5.41, 5.74) is 3.33. The third-order valence-corrected chi connectivity index (χ3v) is 3.60. The van der Waals surface area contributed by atoms with Gasteiger partial charge in [0.25, 0.3) is 5.91 Å². The van der Waals surface area contributed by atoms with Gasteiger partial charge in [-0.25, -0.2) is 5.43 Å². The van der Waals surface area contributed by atoms with E-state index in [1.165, 1.54) is 0 Å². The molecule has 0 aromatic heterocycles. The van der Waals surface area contributed by atoms with Crippen molar-refractivity contribution in [3.63, 3.8) is 0 Å². The van der Waals surface area contributed by atoms with Gasteiger partial charge in [0.2, 0.25) is 0 Å². The molecule has 0 aliphatic carbocycles. The van der Waals surface area contributed by atoms with Gasteiger partial charge in [0.1, 0.15) is 11.5 Å². The van der Waals surface area contributed by atoms with Crippen molar-refractivity contribution in [2.75, 3.05) is 6.61 Å². The van der Waals surface area contributed by atoms with Crippen LogP contribution < -0.4 is 14.9 Å². The van der Waals surface area contributed by atoms with E-state index in [0.717, 1.165) is 15.8 Å². The zero-order valence-corrected chi connectivity index (χ0v) is 15.1. The largest absolute Gasteiger partial charge is 0.494 e. The van der Waals surface area contributed by atoms with E-state index in [2.05, 4.69) is 26.5 Å². The lowest BCUT2D eigenvalue weighted by Crippen LogP contribution is -2.33. The van der Waals surface area contributed by atoms with Gasteiger partial charge in [-0.1, -0.05) is 15.9 Å². The molecule has 1 unspecified atom stereocenters. The minimum atomic E-state index is -0.649. The third-order valence-electron chi connectivity index (χ3n) is 3.08. The van der Waals surface area contributed by atoms with E-state index in [1.54, 1.807) is 25.3 Å². The molecule has 1 atom stereocenters. The number of ether oxygens (including phenoxy) is 2. The van der Waals surface area contributed by atoms with E-state index >= 15 is 0 Å². The Morgan fingerprint density at radius 1 is 1.17 bits per heavy atom. The summed E-state index contributed by atoms with van der Waals surface area (Å²) in [6, 6.07) is 14.7. The molecule has 126 valence electrons. The zero-order chi connectivity index (χ0) is 17.4. The molecule has 1 N–H and O–H groups in total. The first-order valence-corrected chi connectivity index (χ1v) is 8.36. The molecule has 6 heteroatoms. The number of nitrogens with zero attached hydrogens (tertiary/aromatic N) is 1. The molecule has 0 bridgehead atoms. The Balaban J connectivity index is 1.83. The van der Waals surface area contributed by atoms with Crippen LogP contribution in [0.3, 0.4) is 0 Å². The van der Waals surface area contributed by atoms with E-state index in [1.807, 2.05) is 43.3 Å². The van der Waals surface area contributed by atoms with Crippen LogP contribution >= 0.6 is 15.9 Å². The lowest BCUT2D eigenvalue weighted by molar-refractivity contribution is -0.127. The summed E-state index contributed by atoms with van der Waals surface area (Å²) in [6.45, 7) is 4.23. The predicted octanol–water partition coefficient (Wildman–Crippen LogP) is 3.77.